The van der Waals surface area contributed by atoms with E-state index in [1.165, 1.54) is 6.07 Å². The summed E-state index contributed by atoms with van der Waals surface area (Å²) in [6.45, 7) is 4.21. The van der Waals surface area contributed by atoms with Gasteiger partial charge in [0, 0.05) is 30.1 Å². The van der Waals surface area contributed by atoms with Gasteiger partial charge in [0.1, 0.15) is 5.82 Å². The fourth-order valence-corrected chi connectivity index (χ4v) is 3.10. The van der Waals surface area contributed by atoms with Gasteiger partial charge >= 0.3 is 0 Å². The fraction of sp³-hybridized carbons (Fsp3) is 0.250. The Kier molecular flexibility index (Phi) is 4.03. The molecule has 2 heterocycles. The van der Waals surface area contributed by atoms with Crippen molar-refractivity contribution < 1.29 is 13.7 Å². The second kappa shape index (κ2) is 6.37. The number of rotatable bonds is 3. The minimum absolute atomic E-state index is 0.0339. The molecule has 0 N–H and O–H groups in total. The van der Waals surface area contributed by atoms with Gasteiger partial charge in [-0.05, 0) is 43.7 Å². The molecule has 26 heavy (non-hydrogen) atoms. The Morgan fingerprint density at radius 3 is 2.65 bits per heavy atom. The second-order valence-electron chi connectivity index (χ2n) is 6.66. The van der Waals surface area contributed by atoms with Gasteiger partial charge < -0.3 is 9.42 Å². The third-order valence-electron chi connectivity index (χ3n) is 4.70. The lowest BCUT2D eigenvalue weighted by Gasteiger charge is -2.16. The van der Waals surface area contributed by atoms with Crippen LogP contribution in [0.2, 0.25) is 0 Å². The normalized spacial score (nSPS) is 17.1. The van der Waals surface area contributed by atoms with Gasteiger partial charge in [-0.15, -0.1) is 0 Å². The number of carbonyl (C=O) groups excluding carboxylic acids is 1. The highest BCUT2D eigenvalue weighted by Gasteiger charge is 2.34. The van der Waals surface area contributed by atoms with Gasteiger partial charge in [-0.2, -0.15) is 4.98 Å². The molecule has 1 aliphatic rings. The average molecular weight is 351 g/mol. The summed E-state index contributed by atoms with van der Waals surface area (Å²) >= 11 is 0. The van der Waals surface area contributed by atoms with Crippen molar-refractivity contribution in [1.29, 1.82) is 0 Å². The number of anilines is 1. The SMILES string of the molecule is Cc1ccc(N2C[C@H](c3noc(-c4ccc(C)c(F)c4)n3)CC2=O)cc1. The number of hydrogen-bond donors (Lipinski definition) is 0. The number of aromatic nitrogens is 2. The van der Waals surface area contributed by atoms with Crippen LogP contribution in [-0.2, 0) is 4.79 Å². The van der Waals surface area contributed by atoms with Crippen molar-refractivity contribution in [2.75, 3.05) is 11.4 Å². The third-order valence-corrected chi connectivity index (χ3v) is 4.70. The van der Waals surface area contributed by atoms with Crippen molar-refractivity contribution in [3.05, 3.63) is 65.2 Å². The standard InChI is InChI=1S/C20H18FN3O2/c1-12-3-7-16(8-4-12)24-11-15(10-18(24)25)19-22-20(26-23-19)14-6-5-13(2)17(21)9-14/h3-9,15H,10-11H2,1-2H3/t15-/m1/s1. The van der Waals surface area contributed by atoms with E-state index < -0.39 is 0 Å². The number of nitrogens with zero attached hydrogens (tertiary/aromatic N) is 3. The zero-order valence-electron chi connectivity index (χ0n) is 14.6. The molecule has 0 bridgehead atoms. The number of carbonyl (C=O) groups is 1. The van der Waals surface area contributed by atoms with Crippen molar-refractivity contribution in [1.82, 2.24) is 10.1 Å². The molecule has 4 rings (SSSR count). The molecule has 1 aliphatic heterocycles. The van der Waals surface area contributed by atoms with Crippen LogP contribution in [-0.4, -0.2) is 22.6 Å². The van der Waals surface area contributed by atoms with Crippen LogP contribution in [0.5, 0.6) is 0 Å². The molecule has 5 nitrogen and oxygen atoms in total. The van der Waals surface area contributed by atoms with Gasteiger partial charge in [-0.3, -0.25) is 4.79 Å². The predicted octanol–water partition coefficient (Wildman–Crippen LogP) is 4.01. The molecule has 3 aromatic rings. The van der Waals surface area contributed by atoms with Crippen molar-refractivity contribution >= 4 is 11.6 Å². The van der Waals surface area contributed by atoms with E-state index in [9.17, 15) is 9.18 Å². The quantitative estimate of drug-likeness (QED) is 0.715. The van der Waals surface area contributed by atoms with Crippen molar-refractivity contribution in [2.45, 2.75) is 26.2 Å². The summed E-state index contributed by atoms with van der Waals surface area (Å²) in [5.41, 5.74) is 3.10. The first kappa shape index (κ1) is 16.4. The zero-order chi connectivity index (χ0) is 18.3. The monoisotopic (exact) mass is 351 g/mol. The molecule has 2 aromatic carbocycles. The zero-order valence-corrected chi connectivity index (χ0v) is 14.6. The number of aryl methyl sites for hydroxylation is 2. The van der Waals surface area contributed by atoms with Gasteiger partial charge in [-0.25, -0.2) is 4.39 Å². The summed E-state index contributed by atoms with van der Waals surface area (Å²) in [6.07, 6.45) is 0.328. The van der Waals surface area contributed by atoms with E-state index in [4.69, 9.17) is 4.52 Å². The molecule has 1 amide bonds. The van der Waals surface area contributed by atoms with Gasteiger partial charge in [0.25, 0.3) is 5.89 Å². The highest BCUT2D eigenvalue weighted by atomic mass is 19.1. The van der Waals surface area contributed by atoms with Crippen molar-refractivity contribution in [3.63, 3.8) is 0 Å². The molecule has 0 spiro atoms. The Morgan fingerprint density at radius 1 is 1.15 bits per heavy atom. The lowest BCUT2D eigenvalue weighted by atomic mass is 10.1. The van der Waals surface area contributed by atoms with E-state index in [-0.39, 0.29) is 23.5 Å². The second-order valence-corrected chi connectivity index (χ2v) is 6.66. The lowest BCUT2D eigenvalue weighted by Crippen LogP contribution is -2.24. The molecule has 0 unspecified atom stereocenters. The van der Waals surface area contributed by atoms with E-state index in [1.807, 2.05) is 31.2 Å². The third kappa shape index (κ3) is 2.98. The fourth-order valence-electron chi connectivity index (χ4n) is 3.10. The summed E-state index contributed by atoms with van der Waals surface area (Å²) in [7, 11) is 0. The maximum atomic E-state index is 13.7. The van der Waals surface area contributed by atoms with Crippen LogP contribution in [0, 0.1) is 19.7 Å². The Morgan fingerprint density at radius 2 is 1.92 bits per heavy atom. The number of halogens is 1. The van der Waals surface area contributed by atoms with Crippen LogP contribution in [0.25, 0.3) is 11.5 Å². The molecule has 1 aromatic heterocycles. The topological polar surface area (TPSA) is 59.2 Å². The smallest absolute Gasteiger partial charge is 0.258 e. The molecule has 1 atom stereocenters. The largest absolute Gasteiger partial charge is 0.334 e. The van der Waals surface area contributed by atoms with Crippen molar-refractivity contribution in [3.8, 4) is 11.5 Å². The molecule has 132 valence electrons. The summed E-state index contributed by atoms with van der Waals surface area (Å²) in [5, 5.41) is 4.02. The van der Waals surface area contributed by atoms with Crippen LogP contribution in [0.1, 0.15) is 29.3 Å². The lowest BCUT2D eigenvalue weighted by molar-refractivity contribution is -0.117. The Labute approximate surface area is 150 Å². The Bertz CT molecular complexity index is 965. The average Bonchev–Trinajstić information content (AvgIpc) is 3.25. The molecule has 0 aliphatic carbocycles. The van der Waals surface area contributed by atoms with Crippen LogP contribution in [0.15, 0.2) is 47.0 Å². The van der Waals surface area contributed by atoms with Gasteiger partial charge in [0.15, 0.2) is 5.82 Å². The van der Waals surface area contributed by atoms with Crippen LogP contribution in [0.4, 0.5) is 10.1 Å². The molecular formula is C20H18FN3O2. The molecule has 1 fully saturated rings. The molecular weight excluding hydrogens is 333 g/mol. The Hall–Kier alpha value is -3.02. The van der Waals surface area contributed by atoms with Gasteiger partial charge in [0.05, 0.1) is 0 Å². The van der Waals surface area contributed by atoms with E-state index in [2.05, 4.69) is 10.1 Å². The summed E-state index contributed by atoms with van der Waals surface area (Å²) in [6, 6.07) is 12.6. The predicted molar refractivity (Wildman–Crippen MR) is 95.3 cm³/mol. The molecule has 6 heteroatoms. The van der Waals surface area contributed by atoms with E-state index in [0.717, 1.165) is 11.3 Å². The van der Waals surface area contributed by atoms with E-state index in [0.29, 0.717) is 29.9 Å². The summed E-state index contributed by atoms with van der Waals surface area (Å²) < 4.78 is 19.0. The van der Waals surface area contributed by atoms with Crippen LogP contribution >= 0.6 is 0 Å². The van der Waals surface area contributed by atoms with Crippen LogP contribution < -0.4 is 4.90 Å². The number of amides is 1. The van der Waals surface area contributed by atoms with Gasteiger partial charge in [-0.1, -0.05) is 28.9 Å². The van der Waals surface area contributed by atoms with E-state index >= 15 is 0 Å². The minimum Gasteiger partial charge on any atom is -0.334 e. The highest BCUT2D eigenvalue weighted by Crippen LogP contribution is 2.31. The van der Waals surface area contributed by atoms with Gasteiger partial charge in [0.2, 0.25) is 5.91 Å². The Balaban J connectivity index is 1.55. The molecule has 1 saturated heterocycles. The first-order valence-electron chi connectivity index (χ1n) is 8.48. The minimum atomic E-state index is -0.316. The molecule has 0 radical (unpaired) electrons. The number of hydrogen-bond acceptors (Lipinski definition) is 4. The first-order chi connectivity index (χ1) is 12.5. The summed E-state index contributed by atoms with van der Waals surface area (Å²) in [4.78, 5) is 18.5. The molecule has 0 saturated carbocycles. The number of benzene rings is 2. The maximum absolute atomic E-state index is 13.7. The maximum Gasteiger partial charge on any atom is 0.258 e. The first-order valence-corrected chi connectivity index (χ1v) is 8.48. The summed E-state index contributed by atoms with van der Waals surface area (Å²) in [5.74, 6) is 0.316. The van der Waals surface area contributed by atoms with Crippen LogP contribution in [0.3, 0.4) is 0 Å². The van der Waals surface area contributed by atoms with Crippen molar-refractivity contribution in [2.24, 2.45) is 0 Å². The van der Waals surface area contributed by atoms with E-state index in [1.54, 1.807) is 24.0 Å². The highest BCUT2D eigenvalue weighted by molar-refractivity contribution is 5.96.